The standard InChI is InChI=1S/C18H25NO5/c1-12(17(21)19-13-7-5-3-4-6-8-13)24-18(22)15-10-9-14(23-2)11-16(15)20/h9-13,20H,3-8H2,1-2H3,(H,19,21)/t12-/m1/s1. The lowest BCUT2D eigenvalue weighted by Crippen LogP contribution is -2.41. The molecule has 1 fully saturated rings. The maximum Gasteiger partial charge on any atom is 0.342 e. The minimum atomic E-state index is -0.915. The number of phenolic OH excluding ortho intramolecular Hbond substituents is 1. The van der Waals surface area contributed by atoms with Crippen molar-refractivity contribution in [1.29, 1.82) is 0 Å². The molecule has 24 heavy (non-hydrogen) atoms. The molecule has 1 aliphatic carbocycles. The van der Waals surface area contributed by atoms with Crippen LogP contribution in [0.2, 0.25) is 0 Å². The van der Waals surface area contributed by atoms with Crippen molar-refractivity contribution in [2.45, 2.75) is 57.6 Å². The molecule has 6 nitrogen and oxygen atoms in total. The molecule has 2 rings (SSSR count). The number of benzene rings is 1. The first-order chi connectivity index (χ1) is 11.5. The van der Waals surface area contributed by atoms with Gasteiger partial charge in [0.05, 0.1) is 7.11 Å². The molecule has 1 aromatic carbocycles. The summed E-state index contributed by atoms with van der Waals surface area (Å²) in [6, 6.07) is 4.43. The van der Waals surface area contributed by atoms with Crippen LogP contribution in [0.4, 0.5) is 0 Å². The van der Waals surface area contributed by atoms with Gasteiger partial charge in [-0.15, -0.1) is 0 Å². The maximum absolute atomic E-state index is 12.2. The van der Waals surface area contributed by atoms with Crippen molar-refractivity contribution in [3.05, 3.63) is 23.8 Å². The second-order valence-corrected chi connectivity index (χ2v) is 6.13. The van der Waals surface area contributed by atoms with Gasteiger partial charge in [-0.2, -0.15) is 0 Å². The van der Waals surface area contributed by atoms with Crippen molar-refractivity contribution >= 4 is 11.9 Å². The molecule has 0 spiro atoms. The minimum absolute atomic E-state index is 0.00455. The second-order valence-electron chi connectivity index (χ2n) is 6.13. The largest absolute Gasteiger partial charge is 0.507 e. The molecule has 1 aliphatic rings. The number of amides is 1. The number of carbonyl (C=O) groups excluding carboxylic acids is 2. The molecule has 0 bridgehead atoms. The third-order valence-corrected chi connectivity index (χ3v) is 4.28. The molecule has 0 radical (unpaired) electrons. The van der Waals surface area contributed by atoms with E-state index in [0.717, 1.165) is 25.7 Å². The maximum atomic E-state index is 12.2. The number of esters is 1. The lowest BCUT2D eigenvalue weighted by Gasteiger charge is -2.19. The molecule has 2 N–H and O–H groups in total. The molecule has 0 saturated heterocycles. The molecular formula is C18H25NO5. The molecule has 0 aliphatic heterocycles. The van der Waals surface area contributed by atoms with Crippen LogP contribution in [0.15, 0.2) is 18.2 Å². The van der Waals surface area contributed by atoms with E-state index in [1.165, 1.54) is 39.0 Å². The fourth-order valence-corrected chi connectivity index (χ4v) is 2.83. The highest BCUT2D eigenvalue weighted by Crippen LogP contribution is 2.24. The zero-order valence-corrected chi connectivity index (χ0v) is 14.2. The molecule has 1 atom stereocenters. The summed E-state index contributed by atoms with van der Waals surface area (Å²) >= 11 is 0. The summed E-state index contributed by atoms with van der Waals surface area (Å²) in [6.07, 6.45) is 5.64. The lowest BCUT2D eigenvalue weighted by molar-refractivity contribution is -0.129. The Morgan fingerprint density at radius 1 is 1.21 bits per heavy atom. The number of phenols is 1. The predicted octanol–water partition coefficient (Wildman–Crippen LogP) is 2.79. The number of hydrogen-bond acceptors (Lipinski definition) is 5. The van der Waals surface area contributed by atoms with Crippen LogP contribution in [0, 0.1) is 0 Å². The summed E-state index contributed by atoms with van der Waals surface area (Å²) in [5.41, 5.74) is 0.00455. The zero-order chi connectivity index (χ0) is 17.5. The lowest BCUT2D eigenvalue weighted by atomic mass is 10.1. The molecule has 1 saturated carbocycles. The topological polar surface area (TPSA) is 84.9 Å². The highest BCUT2D eigenvalue weighted by molar-refractivity contribution is 5.94. The molecule has 1 amide bonds. The first-order valence-corrected chi connectivity index (χ1v) is 8.39. The average molecular weight is 335 g/mol. The van der Waals surface area contributed by atoms with E-state index in [9.17, 15) is 14.7 Å². The van der Waals surface area contributed by atoms with Crippen LogP contribution in [0.5, 0.6) is 11.5 Å². The van der Waals surface area contributed by atoms with Crippen LogP contribution in [0.1, 0.15) is 55.8 Å². The number of nitrogens with one attached hydrogen (secondary N) is 1. The van der Waals surface area contributed by atoms with E-state index in [2.05, 4.69) is 5.32 Å². The van der Waals surface area contributed by atoms with Crippen LogP contribution >= 0.6 is 0 Å². The summed E-state index contributed by atoms with van der Waals surface area (Å²) in [7, 11) is 1.46. The fraction of sp³-hybridized carbons (Fsp3) is 0.556. The van der Waals surface area contributed by atoms with Crippen LogP contribution < -0.4 is 10.1 Å². The van der Waals surface area contributed by atoms with Crippen molar-refractivity contribution in [2.75, 3.05) is 7.11 Å². The molecule has 132 valence electrons. The molecule has 0 unspecified atom stereocenters. The van der Waals surface area contributed by atoms with Crippen molar-refractivity contribution in [2.24, 2.45) is 0 Å². The van der Waals surface area contributed by atoms with Gasteiger partial charge in [-0.3, -0.25) is 4.79 Å². The SMILES string of the molecule is COc1ccc(C(=O)O[C@H](C)C(=O)NC2CCCCCC2)c(O)c1. The van der Waals surface area contributed by atoms with Gasteiger partial charge in [0.25, 0.3) is 5.91 Å². The first kappa shape index (κ1) is 18.1. The Bertz CT molecular complexity index is 579. The van der Waals surface area contributed by atoms with Gasteiger partial charge in [0.2, 0.25) is 0 Å². The Balaban J connectivity index is 1.91. The van der Waals surface area contributed by atoms with Gasteiger partial charge < -0.3 is 19.9 Å². The minimum Gasteiger partial charge on any atom is -0.507 e. The Labute approximate surface area is 142 Å². The van der Waals surface area contributed by atoms with Gasteiger partial charge in [-0.05, 0) is 31.9 Å². The van der Waals surface area contributed by atoms with Crippen molar-refractivity contribution in [3.63, 3.8) is 0 Å². The van der Waals surface area contributed by atoms with Gasteiger partial charge in [-0.25, -0.2) is 4.79 Å². The normalized spacial score (nSPS) is 16.8. The summed E-state index contributed by atoms with van der Waals surface area (Å²) in [6.45, 7) is 1.53. The van der Waals surface area contributed by atoms with E-state index in [4.69, 9.17) is 9.47 Å². The Morgan fingerprint density at radius 3 is 2.46 bits per heavy atom. The third kappa shape index (κ3) is 4.88. The second kappa shape index (κ2) is 8.57. The van der Waals surface area contributed by atoms with Gasteiger partial charge in [0.1, 0.15) is 17.1 Å². The average Bonchev–Trinajstić information content (AvgIpc) is 2.83. The number of aromatic hydroxyl groups is 1. The summed E-state index contributed by atoms with van der Waals surface area (Å²) in [4.78, 5) is 24.3. The monoisotopic (exact) mass is 335 g/mol. The Kier molecular flexibility index (Phi) is 6.46. The molecule has 0 heterocycles. The fourth-order valence-electron chi connectivity index (χ4n) is 2.83. The van der Waals surface area contributed by atoms with Gasteiger partial charge >= 0.3 is 5.97 Å². The van der Waals surface area contributed by atoms with Crippen molar-refractivity contribution in [1.82, 2.24) is 5.32 Å². The van der Waals surface area contributed by atoms with Crippen LogP contribution in [-0.2, 0) is 9.53 Å². The van der Waals surface area contributed by atoms with Gasteiger partial charge in [0, 0.05) is 12.1 Å². The highest BCUT2D eigenvalue weighted by Gasteiger charge is 2.23. The predicted molar refractivity (Wildman–Crippen MR) is 89.2 cm³/mol. The molecular weight excluding hydrogens is 310 g/mol. The number of methoxy groups -OCH3 is 1. The van der Waals surface area contributed by atoms with E-state index >= 15 is 0 Å². The van der Waals surface area contributed by atoms with E-state index in [1.807, 2.05) is 0 Å². The number of rotatable bonds is 5. The number of ether oxygens (including phenoxy) is 2. The zero-order valence-electron chi connectivity index (χ0n) is 14.2. The molecule has 1 aromatic rings. The molecule has 0 aromatic heterocycles. The van der Waals surface area contributed by atoms with Crippen molar-refractivity contribution in [3.8, 4) is 11.5 Å². The third-order valence-electron chi connectivity index (χ3n) is 4.28. The Morgan fingerprint density at radius 2 is 1.88 bits per heavy atom. The van der Waals surface area contributed by atoms with Crippen LogP contribution in [-0.4, -0.2) is 36.2 Å². The van der Waals surface area contributed by atoms with E-state index < -0.39 is 12.1 Å². The summed E-state index contributed by atoms with van der Waals surface area (Å²) < 4.78 is 10.1. The van der Waals surface area contributed by atoms with Gasteiger partial charge in [0.15, 0.2) is 6.10 Å². The van der Waals surface area contributed by atoms with Crippen molar-refractivity contribution < 1.29 is 24.2 Å². The van der Waals surface area contributed by atoms with E-state index in [1.54, 1.807) is 6.07 Å². The Hall–Kier alpha value is -2.24. The van der Waals surface area contributed by atoms with Crippen LogP contribution in [0.25, 0.3) is 0 Å². The smallest absolute Gasteiger partial charge is 0.342 e. The highest BCUT2D eigenvalue weighted by atomic mass is 16.5. The quantitative estimate of drug-likeness (QED) is 0.638. The summed E-state index contributed by atoms with van der Waals surface area (Å²) in [5, 5.41) is 12.8. The summed E-state index contributed by atoms with van der Waals surface area (Å²) in [5.74, 6) is -0.846. The number of hydrogen-bond donors (Lipinski definition) is 2. The van der Waals surface area contributed by atoms with Gasteiger partial charge in [-0.1, -0.05) is 25.7 Å². The molecule has 6 heteroatoms. The number of carbonyl (C=O) groups is 2. The first-order valence-electron chi connectivity index (χ1n) is 8.39. The van der Waals surface area contributed by atoms with E-state index in [0.29, 0.717) is 5.75 Å². The van der Waals surface area contributed by atoms with Crippen LogP contribution in [0.3, 0.4) is 0 Å². The van der Waals surface area contributed by atoms with E-state index in [-0.39, 0.29) is 23.3 Å².